The van der Waals surface area contributed by atoms with E-state index in [2.05, 4.69) is 5.32 Å². The van der Waals surface area contributed by atoms with E-state index in [1.165, 1.54) is 28.6 Å². The molecule has 1 N–H and O–H groups in total. The third kappa shape index (κ3) is 5.52. The third-order valence-corrected chi connectivity index (χ3v) is 7.68. The van der Waals surface area contributed by atoms with Gasteiger partial charge in [0.15, 0.2) is 5.16 Å². The van der Waals surface area contributed by atoms with Crippen LogP contribution in [0, 0.1) is 0 Å². The second-order valence-electron chi connectivity index (χ2n) is 7.73. The monoisotopic (exact) mass is 487 g/mol. The van der Waals surface area contributed by atoms with Crippen LogP contribution in [0.3, 0.4) is 0 Å². The number of fused-ring (bicyclic) bond motifs is 3. The molecule has 1 aromatic carbocycles. The maximum atomic E-state index is 13.2. The average molecular weight is 488 g/mol. The largest absolute Gasteiger partial charge is 0.494 e. The summed E-state index contributed by atoms with van der Waals surface area (Å²) in [5, 5.41) is 4.26. The van der Waals surface area contributed by atoms with Gasteiger partial charge in [0.1, 0.15) is 22.9 Å². The zero-order chi connectivity index (χ0) is 23.2. The molecule has 0 atom stereocenters. The average Bonchev–Trinajstić information content (AvgIpc) is 3.20. The van der Waals surface area contributed by atoms with Gasteiger partial charge in [0.25, 0.3) is 5.56 Å². The van der Waals surface area contributed by atoms with Gasteiger partial charge in [-0.25, -0.2) is 4.98 Å². The lowest BCUT2D eigenvalue weighted by atomic mass is 9.97. The van der Waals surface area contributed by atoms with Crippen LogP contribution in [0.15, 0.2) is 34.2 Å². The summed E-state index contributed by atoms with van der Waals surface area (Å²) in [6.07, 6.45) is 4.30. The molecule has 0 unspecified atom stereocenters. The van der Waals surface area contributed by atoms with Gasteiger partial charge in [0.2, 0.25) is 5.91 Å². The van der Waals surface area contributed by atoms with Crippen LogP contribution in [0.1, 0.15) is 37.1 Å². The van der Waals surface area contributed by atoms with E-state index in [1.807, 2.05) is 38.1 Å². The van der Waals surface area contributed by atoms with Crippen molar-refractivity contribution < 1.29 is 14.3 Å². The summed E-state index contributed by atoms with van der Waals surface area (Å²) in [5.74, 6) is 1.62. The smallest absolute Gasteiger partial charge is 0.263 e. The number of rotatable bonds is 10. The number of nitrogens with one attached hydrogen (secondary N) is 1. The predicted molar refractivity (Wildman–Crippen MR) is 133 cm³/mol. The van der Waals surface area contributed by atoms with Crippen LogP contribution in [0.2, 0.25) is 0 Å². The van der Waals surface area contributed by atoms with Crippen molar-refractivity contribution >= 4 is 39.2 Å². The molecule has 0 radical (unpaired) electrons. The van der Waals surface area contributed by atoms with Gasteiger partial charge in [-0.05, 0) is 69.4 Å². The van der Waals surface area contributed by atoms with Gasteiger partial charge in [-0.1, -0.05) is 11.8 Å². The number of aromatic nitrogens is 2. The Hall–Kier alpha value is -2.52. The molecule has 1 aliphatic carbocycles. The van der Waals surface area contributed by atoms with Gasteiger partial charge in [0.05, 0.1) is 24.3 Å². The first-order valence-corrected chi connectivity index (χ1v) is 13.2. The number of aryl methyl sites for hydroxylation is 2. The molecule has 1 aliphatic rings. The first-order chi connectivity index (χ1) is 16.1. The van der Waals surface area contributed by atoms with Crippen LogP contribution in [0.5, 0.6) is 11.5 Å². The minimum absolute atomic E-state index is 0.0218. The Morgan fingerprint density at radius 3 is 2.61 bits per heavy atom. The highest BCUT2D eigenvalue weighted by Crippen LogP contribution is 2.34. The molecule has 9 heteroatoms. The summed E-state index contributed by atoms with van der Waals surface area (Å²) in [7, 11) is 0. The third-order valence-electron chi connectivity index (χ3n) is 5.52. The Morgan fingerprint density at radius 1 is 1.15 bits per heavy atom. The molecule has 0 fully saturated rings. The SMILES string of the molecule is CCOc1ccc(OCCNC(=O)CSc2nc3sc4c(c3c(=O)n2CC)CCCC4)cc1. The molecule has 7 nitrogen and oxygen atoms in total. The first kappa shape index (κ1) is 23.6. The van der Waals surface area contributed by atoms with Gasteiger partial charge in [-0.15, -0.1) is 11.3 Å². The number of amides is 1. The molecule has 0 spiro atoms. The minimum atomic E-state index is -0.113. The molecule has 2 aromatic heterocycles. The van der Waals surface area contributed by atoms with Crippen molar-refractivity contribution in [3.05, 3.63) is 45.1 Å². The van der Waals surface area contributed by atoms with E-state index in [9.17, 15) is 9.59 Å². The molecule has 0 saturated carbocycles. The Labute approximate surface area is 201 Å². The Bertz CT molecular complexity index is 1170. The normalized spacial score (nSPS) is 13.0. The number of ether oxygens (including phenoxy) is 2. The fourth-order valence-corrected chi connectivity index (χ4v) is 6.14. The highest BCUT2D eigenvalue weighted by atomic mass is 32.2. The first-order valence-electron chi connectivity index (χ1n) is 11.4. The van der Waals surface area contributed by atoms with Gasteiger partial charge in [-0.3, -0.25) is 14.2 Å². The van der Waals surface area contributed by atoms with E-state index >= 15 is 0 Å². The van der Waals surface area contributed by atoms with Crippen LogP contribution in [-0.2, 0) is 24.2 Å². The molecule has 33 heavy (non-hydrogen) atoms. The molecule has 1 amide bonds. The molecule has 0 saturated heterocycles. The maximum Gasteiger partial charge on any atom is 0.263 e. The second kappa shape index (κ2) is 11.1. The number of thioether (sulfide) groups is 1. The standard InChI is InChI=1S/C24H29N3O4S2/c1-3-27-23(29)21-18-7-5-6-8-19(18)33-22(21)26-24(27)32-15-20(28)25-13-14-31-17-11-9-16(10-12-17)30-4-2/h9-12H,3-8,13-15H2,1-2H3,(H,25,28). The van der Waals surface area contributed by atoms with E-state index in [1.54, 1.807) is 15.9 Å². The molecular formula is C24H29N3O4S2. The molecule has 3 aromatic rings. The Balaban J connectivity index is 1.31. The van der Waals surface area contributed by atoms with E-state index in [4.69, 9.17) is 14.5 Å². The number of hydrogen-bond donors (Lipinski definition) is 1. The minimum Gasteiger partial charge on any atom is -0.494 e. The molecule has 0 aliphatic heterocycles. The summed E-state index contributed by atoms with van der Waals surface area (Å²) < 4.78 is 12.8. The van der Waals surface area contributed by atoms with Gasteiger partial charge >= 0.3 is 0 Å². The summed E-state index contributed by atoms with van der Waals surface area (Å²) in [6.45, 7) is 5.81. The van der Waals surface area contributed by atoms with E-state index in [-0.39, 0.29) is 17.2 Å². The maximum absolute atomic E-state index is 13.2. The fraction of sp³-hybridized carbons (Fsp3) is 0.458. The van der Waals surface area contributed by atoms with Crippen molar-refractivity contribution in [2.75, 3.05) is 25.5 Å². The molecule has 2 heterocycles. The van der Waals surface area contributed by atoms with Crippen molar-refractivity contribution in [3.63, 3.8) is 0 Å². The summed E-state index contributed by atoms with van der Waals surface area (Å²) in [5.41, 5.74) is 1.22. The van der Waals surface area contributed by atoms with Crippen molar-refractivity contribution in [2.24, 2.45) is 0 Å². The molecular weight excluding hydrogens is 458 g/mol. The van der Waals surface area contributed by atoms with Crippen LogP contribution in [0.25, 0.3) is 10.2 Å². The van der Waals surface area contributed by atoms with Gasteiger partial charge in [0, 0.05) is 11.4 Å². The predicted octanol–water partition coefficient (Wildman–Crippen LogP) is 4.04. The number of nitrogens with zero attached hydrogens (tertiary/aromatic N) is 2. The summed E-state index contributed by atoms with van der Waals surface area (Å²) >= 11 is 2.94. The quantitative estimate of drug-likeness (QED) is 0.264. The highest BCUT2D eigenvalue weighted by molar-refractivity contribution is 7.99. The number of benzene rings is 1. The van der Waals surface area contributed by atoms with Crippen LogP contribution >= 0.6 is 23.1 Å². The topological polar surface area (TPSA) is 82.5 Å². The lowest BCUT2D eigenvalue weighted by Gasteiger charge is -2.12. The molecule has 0 bridgehead atoms. The number of hydrogen-bond acceptors (Lipinski definition) is 7. The summed E-state index contributed by atoms with van der Waals surface area (Å²) in [4.78, 5) is 32.4. The Kier molecular flexibility index (Phi) is 7.93. The highest BCUT2D eigenvalue weighted by Gasteiger charge is 2.22. The number of carbonyl (C=O) groups excluding carboxylic acids is 1. The number of carbonyl (C=O) groups is 1. The fourth-order valence-electron chi connectivity index (χ4n) is 3.95. The zero-order valence-corrected chi connectivity index (χ0v) is 20.7. The van der Waals surface area contributed by atoms with Gasteiger partial charge < -0.3 is 14.8 Å². The lowest BCUT2D eigenvalue weighted by Crippen LogP contribution is -2.30. The van der Waals surface area contributed by atoms with Crippen molar-refractivity contribution in [3.8, 4) is 11.5 Å². The Morgan fingerprint density at radius 2 is 1.88 bits per heavy atom. The lowest BCUT2D eigenvalue weighted by molar-refractivity contribution is -0.118. The van der Waals surface area contributed by atoms with Crippen LogP contribution in [-0.4, -0.2) is 41.0 Å². The van der Waals surface area contributed by atoms with E-state index in [0.717, 1.165) is 41.0 Å². The van der Waals surface area contributed by atoms with Crippen LogP contribution in [0.4, 0.5) is 0 Å². The number of thiophene rings is 1. The zero-order valence-electron chi connectivity index (χ0n) is 19.0. The van der Waals surface area contributed by atoms with E-state index < -0.39 is 0 Å². The second-order valence-corrected chi connectivity index (χ2v) is 9.75. The van der Waals surface area contributed by atoms with E-state index in [0.29, 0.717) is 31.5 Å². The van der Waals surface area contributed by atoms with Crippen molar-refractivity contribution in [1.29, 1.82) is 0 Å². The van der Waals surface area contributed by atoms with Crippen molar-refractivity contribution in [2.45, 2.75) is 51.2 Å². The van der Waals surface area contributed by atoms with Crippen molar-refractivity contribution in [1.82, 2.24) is 14.9 Å². The van der Waals surface area contributed by atoms with Gasteiger partial charge in [-0.2, -0.15) is 0 Å². The summed E-state index contributed by atoms with van der Waals surface area (Å²) in [6, 6.07) is 7.40. The molecule has 4 rings (SSSR count). The molecule has 176 valence electrons. The van der Waals surface area contributed by atoms with Crippen LogP contribution < -0.4 is 20.3 Å².